The second-order valence-electron chi connectivity index (χ2n) is 5.09. The molecule has 100 valence electrons. The van der Waals surface area contributed by atoms with Gasteiger partial charge in [-0.05, 0) is 61.3 Å². The van der Waals surface area contributed by atoms with Crippen molar-refractivity contribution in [3.05, 3.63) is 58.6 Å². The Labute approximate surface area is 123 Å². The third-order valence-corrected chi connectivity index (χ3v) is 3.93. The average Bonchev–Trinajstić information content (AvgIpc) is 2.39. The highest BCUT2D eigenvalue weighted by Gasteiger charge is 2.09. The van der Waals surface area contributed by atoms with Crippen molar-refractivity contribution in [2.24, 2.45) is 0 Å². The van der Waals surface area contributed by atoms with Crippen LogP contribution in [0.4, 0.5) is 0 Å². The van der Waals surface area contributed by atoms with Gasteiger partial charge < -0.3 is 5.32 Å². The Kier molecular flexibility index (Phi) is 4.78. The molecule has 0 bridgehead atoms. The van der Waals surface area contributed by atoms with Crippen molar-refractivity contribution in [3.63, 3.8) is 0 Å². The summed E-state index contributed by atoms with van der Waals surface area (Å²) in [6, 6.07) is 13.5. The first-order valence-electron chi connectivity index (χ1n) is 6.61. The van der Waals surface area contributed by atoms with Gasteiger partial charge in [0.05, 0.1) is 0 Å². The number of hydrogen-bond donors (Lipinski definition) is 1. The number of allylic oxidation sites excluding steroid dienone is 1. The van der Waals surface area contributed by atoms with Gasteiger partial charge in [0, 0.05) is 10.5 Å². The third-order valence-electron chi connectivity index (χ3n) is 3.44. The average molecular weight is 318 g/mol. The molecule has 0 radical (unpaired) electrons. The molecule has 0 aromatic heterocycles. The maximum atomic E-state index is 3.98. The van der Waals surface area contributed by atoms with Gasteiger partial charge >= 0.3 is 0 Å². The summed E-state index contributed by atoms with van der Waals surface area (Å²) >= 11 is 3.51. The van der Waals surface area contributed by atoms with E-state index in [1.165, 1.54) is 21.9 Å². The van der Waals surface area contributed by atoms with Crippen LogP contribution in [0.1, 0.15) is 31.4 Å². The molecule has 0 saturated heterocycles. The van der Waals surface area contributed by atoms with Crippen molar-refractivity contribution >= 4 is 26.7 Å². The van der Waals surface area contributed by atoms with Gasteiger partial charge in [-0.1, -0.05) is 39.7 Å². The molecule has 19 heavy (non-hydrogen) atoms. The monoisotopic (exact) mass is 317 g/mol. The first-order chi connectivity index (χ1) is 9.10. The van der Waals surface area contributed by atoms with Gasteiger partial charge in [-0.2, -0.15) is 0 Å². The van der Waals surface area contributed by atoms with Gasteiger partial charge in [0.15, 0.2) is 0 Å². The largest absolute Gasteiger partial charge is 0.313 e. The number of rotatable bonds is 5. The Balaban J connectivity index is 2.28. The Morgan fingerprint density at radius 1 is 1.21 bits per heavy atom. The predicted molar refractivity (Wildman–Crippen MR) is 87.5 cm³/mol. The van der Waals surface area contributed by atoms with Crippen molar-refractivity contribution < 1.29 is 0 Å². The molecule has 0 aliphatic rings. The van der Waals surface area contributed by atoms with Gasteiger partial charge in [-0.15, -0.1) is 6.58 Å². The van der Waals surface area contributed by atoms with E-state index >= 15 is 0 Å². The SMILES string of the molecule is C=C(C)CCC(NC)c1ccc2cc(Br)ccc2c1. The van der Waals surface area contributed by atoms with Gasteiger partial charge in [0.25, 0.3) is 0 Å². The van der Waals surface area contributed by atoms with E-state index in [9.17, 15) is 0 Å². The van der Waals surface area contributed by atoms with Crippen LogP contribution in [-0.4, -0.2) is 7.05 Å². The van der Waals surface area contributed by atoms with Crippen LogP contribution in [0.3, 0.4) is 0 Å². The molecule has 2 rings (SSSR count). The van der Waals surface area contributed by atoms with Crippen LogP contribution in [0.5, 0.6) is 0 Å². The summed E-state index contributed by atoms with van der Waals surface area (Å²) in [5.74, 6) is 0. The normalized spacial score (nSPS) is 12.6. The Morgan fingerprint density at radius 3 is 2.58 bits per heavy atom. The van der Waals surface area contributed by atoms with Crippen LogP contribution < -0.4 is 5.32 Å². The van der Waals surface area contributed by atoms with Crippen molar-refractivity contribution in [1.82, 2.24) is 5.32 Å². The van der Waals surface area contributed by atoms with Gasteiger partial charge in [-0.3, -0.25) is 0 Å². The second-order valence-corrected chi connectivity index (χ2v) is 6.00. The van der Waals surface area contributed by atoms with Crippen LogP contribution in [0.25, 0.3) is 10.8 Å². The topological polar surface area (TPSA) is 12.0 Å². The number of hydrogen-bond acceptors (Lipinski definition) is 1. The predicted octanol–water partition coefficient (Wildman–Crippen LogP) is 5.22. The molecule has 1 atom stereocenters. The maximum absolute atomic E-state index is 3.98. The van der Waals surface area contributed by atoms with Crippen LogP contribution in [0, 0.1) is 0 Å². The smallest absolute Gasteiger partial charge is 0.0320 e. The zero-order chi connectivity index (χ0) is 13.8. The summed E-state index contributed by atoms with van der Waals surface area (Å²) in [6.45, 7) is 6.07. The summed E-state index contributed by atoms with van der Waals surface area (Å²) in [5.41, 5.74) is 2.59. The molecular weight excluding hydrogens is 298 g/mol. The van der Waals surface area contributed by atoms with E-state index in [4.69, 9.17) is 0 Å². The lowest BCUT2D eigenvalue weighted by atomic mass is 9.97. The highest BCUT2D eigenvalue weighted by atomic mass is 79.9. The van der Waals surface area contributed by atoms with E-state index < -0.39 is 0 Å². The second kappa shape index (κ2) is 6.36. The molecule has 2 aromatic rings. The third kappa shape index (κ3) is 3.68. The summed E-state index contributed by atoms with van der Waals surface area (Å²) in [7, 11) is 2.02. The quantitative estimate of drug-likeness (QED) is 0.745. The van der Waals surface area contributed by atoms with Crippen LogP contribution >= 0.6 is 15.9 Å². The zero-order valence-corrected chi connectivity index (χ0v) is 13.1. The molecule has 0 heterocycles. The van der Waals surface area contributed by atoms with Crippen molar-refractivity contribution in [3.8, 4) is 0 Å². The molecule has 0 aliphatic carbocycles. The number of benzene rings is 2. The Morgan fingerprint density at radius 2 is 1.89 bits per heavy atom. The minimum absolute atomic E-state index is 0.393. The van der Waals surface area contributed by atoms with E-state index in [2.05, 4.69) is 71.1 Å². The van der Waals surface area contributed by atoms with E-state index in [0.29, 0.717) is 6.04 Å². The minimum Gasteiger partial charge on any atom is -0.313 e. The van der Waals surface area contributed by atoms with E-state index in [1.54, 1.807) is 0 Å². The van der Waals surface area contributed by atoms with Crippen LogP contribution in [0.2, 0.25) is 0 Å². The highest BCUT2D eigenvalue weighted by molar-refractivity contribution is 9.10. The summed E-state index contributed by atoms with van der Waals surface area (Å²) in [4.78, 5) is 0. The Bertz CT molecular complexity index is 589. The molecule has 2 heteroatoms. The molecule has 2 aromatic carbocycles. The fourth-order valence-corrected chi connectivity index (χ4v) is 2.70. The van der Waals surface area contributed by atoms with Crippen molar-refractivity contribution in [1.29, 1.82) is 0 Å². The van der Waals surface area contributed by atoms with Gasteiger partial charge in [-0.25, -0.2) is 0 Å². The fourth-order valence-electron chi connectivity index (χ4n) is 2.32. The number of fused-ring (bicyclic) bond motifs is 1. The van der Waals surface area contributed by atoms with Crippen LogP contribution in [0.15, 0.2) is 53.0 Å². The molecule has 0 amide bonds. The highest BCUT2D eigenvalue weighted by Crippen LogP contribution is 2.26. The lowest BCUT2D eigenvalue weighted by Crippen LogP contribution is -2.16. The molecule has 0 saturated carbocycles. The number of nitrogens with one attached hydrogen (secondary N) is 1. The van der Waals surface area contributed by atoms with Gasteiger partial charge in [0.1, 0.15) is 0 Å². The summed E-state index contributed by atoms with van der Waals surface area (Å²) < 4.78 is 1.13. The fraction of sp³-hybridized carbons (Fsp3) is 0.294. The molecule has 1 N–H and O–H groups in total. The van der Waals surface area contributed by atoms with E-state index in [0.717, 1.165) is 17.3 Å². The standard InChI is InChI=1S/C17H20BrN/c1-12(2)4-9-17(19-3)15-6-5-14-11-16(18)8-7-13(14)10-15/h5-8,10-11,17,19H,1,4,9H2,2-3H3. The maximum Gasteiger partial charge on any atom is 0.0320 e. The molecule has 1 nitrogen and oxygen atoms in total. The van der Waals surface area contributed by atoms with Gasteiger partial charge in [0.2, 0.25) is 0 Å². The molecule has 1 unspecified atom stereocenters. The zero-order valence-electron chi connectivity index (χ0n) is 11.5. The molecule has 0 spiro atoms. The molecule has 0 aliphatic heterocycles. The van der Waals surface area contributed by atoms with E-state index in [-0.39, 0.29) is 0 Å². The minimum atomic E-state index is 0.393. The van der Waals surface area contributed by atoms with E-state index in [1.807, 2.05) is 7.05 Å². The lowest BCUT2D eigenvalue weighted by Gasteiger charge is -2.17. The molecule has 0 fully saturated rings. The molecular formula is C17H20BrN. The number of halogens is 1. The van der Waals surface area contributed by atoms with Crippen LogP contribution in [-0.2, 0) is 0 Å². The summed E-state index contributed by atoms with van der Waals surface area (Å²) in [5, 5.41) is 5.96. The van der Waals surface area contributed by atoms with Crippen molar-refractivity contribution in [2.45, 2.75) is 25.8 Å². The lowest BCUT2D eigenvalue weighted by molar-refractivity contribution is 0.549. The summed E-state index contributed by atoms with van der Waals surface area (Å²) in [6.07, 6.45) is 2.15. The first-order valence-corrected chi connectivity index (χ1v) is 7.40. The van der Waals surface area contributed by atoms with Crippen molar-refractivity contribution in [2.75, 3.05) is 7.05 Å². The Hall–Kier alpha value is -1.12. The first kappa shape index (κ1) is 14.3.